The average molecular weight is 257 g/mol. The molecule has 4 heteroatoms. The van der Waals surface area contributed by atoms with Crippen LogP contribution in [-0.2, 0) is 11.3 Å². The van der Waals surface area contributed by atoms with Gasteiger partial charge in [0.1, 0.15) is 0 Å². The van der Waals surface area contributed by atoms with Gasteiger partial charge in [-0.2, -0.15) is 0 Å². The van der Waals surface area contributed by atoms with Gasteiger partial charge >= 0.3 is 0 Å². The Morgan fingerprint density at radius 2 is 2.16 bits per heavy atom. The third-order valence-corrected chi connectivity index (χ3v) is 3.56. The fourth-order valence-corrected chi connectivity index (χ4v) is 2.51. The minimum absolute atomic E-state index is 0.355. The van der Waals surface area contributed by atoms with Crippen LogP contribution in [0.15, 0.2) is 30.5 Å². The van der Waals surface area contributed by atoms with Crippen LogP contribution in [0.25, 0.3) is 11.0 Å². The number of para-hydroxylation sites is 2. The molecule has 4 nitrogen and oxygen atoms in total. The van der Waals surface area contributed by atoms with Crippen molar-refractivity contribution in [3.05, 3.63) is 36.2 Å². The van der Waals surface area contributed by atoms with Crippen molar-refractivity contribution in [2.75, 3.05) is 6.61 Å². The third-order valence-electron chi connectivity index (χ3n) is 3.56. The first-order chi connectivity index (χ1) is 9.31. The van der Waals surface area contributed by atoms with Gasteiger partial charge in [0.15, 0.2) is 0 Å². The normalized spacial score (nSPS) is 23.6. The maximum Gasteiger partial charge on any atom is 0.0890 e. The molecule has 0 spiro atoms. The molecule has 0 amide bonds. The van der Waals surface area contributed by atoms with Crippen LogP contribution in [0.2, 0.25) is 0 Å². The molecule has 0 radical (unpaired) electrons. The van der Waals surface area contributed by atoms with Crippen LogP contribution in [0.1, 0.15) is 25.5 Å². The minimum Gasteiger partial charge on any atom is -0.378 e. The number of ether oxygens (including phenoxy) is 1. The van der Waals surface area contributed by atoms with Gasteiger partial charge in [-0.15, -0.1) is 0 Å². The summed E-state index contributed by atoms with van der Waals surface area (Å²) in [5, 5.41) is 3.55. The highest BCUT2D eigenvalue weighted by molar-refractivity contribution is 5.73. The first-order valence-electron chi connectivity index (χ1n) is 6.87. The molecule has 2 unspecified atom stereocenters. The molecular weight excluding hydrogens is 238 g/mol. The predicted molar refractivity (Wildman–Crippen MR) is 74.8 cm³/mol. The second-order valence-corrected chi connectivity index (χ2v) is 5.13. The maximum absolute atomic E-state index is 5.55. The molecule has 1 aromatic heterocycles. The molecule has 2 heterocycles. The predicted octanol–water partition coefficient (Wildman–Crippen LogP) is 2.29. The first-order valence-corrected chi connectivity index (χ1v) is 6.87. The van der Waals surface area contributed by atoms with Gasteiger partial charge in [-0.05, 0) is 31.9 Å². The molecule has 100 valence electrons. The van der Waals surface area contributed by atoms with Crippen molar-refractivity contribution in [2.45, 2.75) is 38.5 Å². The summed E-state index contributed by atoms with van der Waals surface area (Å²) < 4.78 is 5.55. The highest BCUT2D eigenvalue weighted by Gasteiger charge is 2.18. The first kappa shape index (κ1) is 12.5. The summed E-state index contributed by atoms with van der Waals surface area (Å²) in [6.07, 6.45) is 4.36. The summed E-state index contributed by atoms with van der Waals surface area (Å²) in [4.78, 5) is 9.06. The molecule has 19 heavy (non-hydrogen) atoms. The van der Waals surface area contributed by atoms with Crippen LogP contribution < -0.4 is 5.32 Å². The Balaban J connectivity index is 1.64. The van der Waals surface area contributed by atoms with Crippen molar-refractivity contribution >= 4 is 11.0 Å². The molecule has 1 N–H and O–H groups in total. The Bertz CT molecular complexity index is 558. The van der Waals surface area contributed by atoms with Crippen molar-refractivity contribution in [1.29, 1.82) is 0 Å². The number of rotatable bonds is 3. The number of fused-ring (bicyclic) bond motifs is 1. The summed E-state index contributed by atoms with van der Waals surface area (Å²) >= 11 is 0. The van der Waals surface area contributed by atoms with Crippen LogP contribution in [0.5, 0.6) is 0 Å². The summed E-state index contributed by atoms with van der Waals surface area (Å²) in [6, 6.07) is 8.49. The fraction of sp³-hybridized carbons (Fsp3) is 0.467. The van der Waals surface area contributed by atoms with Crippen LogP contribution >= 0.6 is 0 Å². The fourth-order valence-electron chi connectivity index (χ4n) is 2.51. The molecule has 2 aromatic rings. The van der Waals surface area contributed by atoms with Gasteiger partial charge in [-0.25, -0.2) is 4.98 Å². The molecule has 1 aliphatic rings. The molecule has 0 aliphatic carbocycles. The Labute approximate surface area is 113 Å². The maximum atomic E-state index is 5.55. The number of nitrogens with zero attached hydrogens (tertiary/aromatic N) is 2. The van der Waals surface area contributed by atoms with Crippen molar-refractivity contribution in [3.63, 3.8) is 0 Å². The summed E-state index contributed by atoms with van der Waals surface area (Å²) in [5.74, 6) is 0. The number of nitrogens with one attached hydrogen (secondary N) is 1. The second kappa shape index (κ2) is 5.63. The van der Waals surface area contributed by atoms with Crippen molar-refractivity contribution in [3.8, 4) is 0 Å². The van der Waals surface area contributed by atoms with E-state index in [-0.39, 0.29) is 0 Å². The molecule has 1 fully saturated rings. The molecule has 1 aliphatic heterocycles. The van der Waals surface area contributed by atoms with E-state index >= 15 is 0 Å². The lowest BCUT2D eigenvalue weighted by Gasteiger charge is -2.27. The van der Waals surface area contributed by atoms with E-state index in [0.717, 1.165) is 42.7 Å². The molecule has 2 atom stereocenters. The van der Waals surface area contributed by atoms with Gasteiger partial charge < -0.3 is 10.1 Å². The lowest BCUT2D eigenvalue weighted by Crippen LogP contribution is -2.37. The Morgan fingerprint density at radius 1 is 1.32 bits per heavy atom. The van der Waals surface area contributed by atoms with Crippen LogP contribution in [0, 0.1) is 0 Å². The number of hydrogen-bond donors (Lipinski definition) is 1. The van der Waals surface area contributed by atoms with Gasteiger partial charge in [0.25, 0.3) is 0 Å². The minimum atomic E-state index is 0.355. The summed E-state index contributed by atoms with van der Waals surface area (Å²) in [7, 11) is 0. The quantitative estimate of drug-likeness (QED) is 0.916. The highest BCUT2D eigenvalue weighted by atomic mass is 16.5. The van der Waals surface area contributed by atoms with Gasteiger partial charge in [0.2, 0.25) is 0 Å². The van der Waals surface area contributed by atoms with E-state index in [1.54, 1.807) is 0 Å². The highest BCUT2D eigenvalue weighted by Crippen LogP contribution is 2.14. The SMILES string of the molecule is CC1CC(NCc2cnc3ccccc3n2)CCO1. The number of aromatic nitrogens is 2. The molecule has 0 saturated carbocycles. The smallest absolute Gasteiger partial charge is 0.0890 e. The van der Waals surface area contributed by atoms with Crippen molar-refractivity contribution < 1.29 is 4.74 Å². The van der Waals surface area contributed by atoms with Crippen LogP contribution in [-0.4, -0.2) is 28.7 Å². The van der Waals surface area contributed by atoms with Gasteiger partial charge in [0, 0.05) is 19.2 Å². The molecule has 1 aromatic carbocycles. The zero-order chi connectivity index (χ0) is 13.1. The summed E-state index contributed by atoms with van der Waals surface area (Å²) in [6.45, 7) is 3.75. The van der Waals surface area contributed by atoms with E-state index in [0.29, 0.717) is 12.1 Å². The van der Waals surface area contributed by atoms with Crippen molar-refractivity contribution in [2.24, 2.45) is 0 Å². The van der Waals surface area contributed by atoms with E-state index in [9.17, 15) is 0 Å². The second-order valence-electron chi connectivity index (χ2n) is 5.13. The van der Waals surface area contributed by atoms with Crippen molar-refractivity contribution in [1.82, 2.24) is 15.3 Å². The third kappa shape index (κ3) is 3.08. The largest absolute Gasteiger partial charge is 0.378 e. The number of benzene rings is 1. The molecule has 0 bridgehead atoms. The molecule has 1 saturated heterocycles. The standard InChI is InChI=1S/C15H19N3O/c1-11-8-12(6-7-19-11)16-9-13-10-17-14-4-2-3-5-15(14)18-13/h2-5,10-12,16H,6-9H2,1H3. The van der Waals surface area contributed by atoms with Crippen LogP contribution in [0.3, 0.4) is 0 Å². The monoisotopic (exact) mass is 257 g/mol. The van der Waals surface area contributed by atoms with Gasteiger partial charge in [-0.1, -0.05) is 12.1 Å². The summed E-state index contributed by atoms with van der Waals surface area (Å²) in [5.41, 5.74) is 2.91. The zero-order valence-electron chi connectivity index (χ0n) is 11.2. The van der Waals surface area contributed by atoms with E-state index in [2.05, 4.69) is 22.2 Å². The lowest BCUT2D eigenvalue weighted by molar-refractivity contribution is 0.0130. The van der Waals surface area contributed by atoms with Gasteiger partial charge in [0.05, 0.1) is 29.0 Å². The zero-order valence-corrected chi connectivity index (χ0v) is 11.2. The molecular formula is C15H19N3O. The van der Waals surface area contributed by atoms with E-state index in [1.165, 1.54) is 0 Å². The topological polar surface area (TPSA) is 47.0 Å². The van der Waals surface area contributed by atoms with Crippen LogP contribution in [0.4, 0.5) is 0 Å². The number of hydrogen-bond acceptors (Lipinski definition) is 4. The van der Waals surface area contributed by atoms with E-state index in [4.69, 9.17) is 4.74 Å². The Hall–Kier alpha value is -1.52. The van der Waals surface area contributed by atoms with E-state index in [1.807, 2.05) is 30.5 Å². The average Bonchev–Trinajstić information content (AvgIpc) is 2.45. The Kier molecular flexibility index (Phi) is 3.71. The van der Waals surface area contributed by atoms with E-state index < -0.39 is 0 Å². The van der Waals surface area contributed by atoms with Gasteiger partial charge in [-0.3, -0.25) is 4.98 Å². The Morgan fingerprint density at radius 3 is 3.00 bits per heavy atom. The molecule has 3 rings (SSSR count). The lowest BCUT2D eigenvalue weighted by atomic mass is 10.0.